The lowest BCUT2D eigenvalue weighted by Crippen LogP contribution is -2.25. The second kappa shape index (κ2) is 6.77. The van der Waals surface area contributed by atoms with Crippen LogP contribution in [0.4, 0.5) is 0 Å². The summed E-state index contributed by atoms with van der Waals surface area (Å²) in [4.78, 5) is 0. The minimum absolute atomic E-state index is 0.00552. The van der Waals surface area contributed by atoms with Crippen LogP contribution in [0, 0.1) is 0 Å². The van der Waals surface area contributed by atoms with Gasteiger partial charge >= 0.3 is 0 Å². The summed E-state index contributed by atoms with van der Waals surface area (Å²) in [5.74, 6) is 0.891. The van der Waals surface area contributed by atoms with Crippen LogP contribution in [0.15, 0.2) is 36.7 Å². The van der Waals surface area contributed by atoms with Crippen molar-refractivity contribution in [2.45, 2.75) is 52.0 Å². The molecule has 29 heavy (non-hydrogen) atoms. The van der Waals surface area contributed by atoms with Crippen molar-refractivity contribution >= 4 is 33.4 Å². The van der Waals surface area contributed by atoms with E-state index in [1.165, 1.54) is 5.56 Å². The van der Waals surface area contributed by atoms with Crippen molar-refractivity contribution in [2.75, 3.05) is 7.11 Å². The van der Waals surface area contributed by atoms with Crippen LogP contribution in [0.3, 0.4) is 0 Å². The SMILES string of the molecule is COc1cc2c(cnn2CC(C)(C)c2ccc3[nH]ncc3c2Cl)cc1C(C)(C)C. The van der Waals surface area contributed by atoms with Gasteiger partial charge in [0.2, 0.25) is 0 Å². The molecule has 0 aliphatic rings. The average Bonchev–Trinajstić information content (AvgIpc) is 3.27. The number of H-pyrrole nitrogens is 1. The molecule has 0 spiro atoms. The summed E-state index contributed by atoms with van der Waals surface area (Å²) < 4.78 is 7.75. The predicted molar refractivity (Wildman–Crippen MR) is 119 cm³/mol. The first-order chi connectivity index (χ1) is 13.6. The van der Waals surface area contributed by atoms with Crippen LogP contribution in [0.2, 0.25) is 5.02 Å². The zero-order chi connectivity index (χ0) is 21.0. The number of halogens is 1. The molecule has 2 heterocycles. The highest BCUT2D eigenvalue weighted by Gasteiger charge is 2.27. The van der Waals surface area contributed by atoms with Crippen molar-refractivity contribution in [3.8, 4) is 5.75 Å². The maximum Gasteiger partial charge on any atom is 0.124 e. The minimum Gasteiger partial charge on any atom is -0.496 e. The fourth-order valence-electron chi connectivity index (χ4n) is 3.95. The van der Waals surface area contributed by atoms with Crippen LogP contribution in [0.25, 0.3) is 21.8 Å². The number of hydrogen-bond acceptors (Lipinski definition) is 3. The largest absolute Gasteiger partial charge is 0.496 e. The molecule has 6 heteroatoms. The monoisotopic (exact) mass is 410 g/mol. The Hall–Kier alpha value is -2.53. The summed E-state index contributed by atoms with van der Waals surface area (Å²) in [6.07, 6.45) is 3.71. The molecule has 1 N–H and O–H groups in total. The van der Waals surface area contributed by atoms with E-state index in [9.17, 15) is 0 Å². The van der Waals surface area contributed by atoms with Crippen LogP contribution < -0.4 is 4.74 Å². The molecule has 2 aromatic heterocycles. The third-order valence-corrected chi connectivity index (χ3v) is 6.01. The van der Waals surface area contributed by atoms with Crippen molar-refractivity contribution in [3.05, 3.63) is 52.8 Å². The Morgan fingerprint density at radius 2 is 1.83 bits per heavy atom. The molecule has 4 rings (SSSR count). The molecule has 0 aliphatic heterocycles. The highest BCUT2D eigenvalue weighted by Crippen LogP contribution is 2.38. The van der Waals surface area contributed by atoms with Gasteiger partial charge in [-0.3, -0.25) is 9.78 Å². The molecule has 0 atom stereocenters. The lowest BCUT2D eigenvalue weighted by atomic mass is 9.83. The zero-order valence-corrected chi connectivity index (χ0v) is 18.6. The molecule has 5 nitrogen and oxygen atoms in total. The summed E-state index contributed by atoms with van der Waals surface area (Å²) in [7, 11) is 1.72. The third-order valence-electron chi connectivity index (χ3n) is 5.60. The number of rotatable bonds is 4. The van der Waals surface area contributed by atoms with Crippen molar-refractivity contribution in [3.63, 3.8) is 0 Å². The maximum atomic E-state index is 6.73. The van der Waals surface area contributed by atoms with E-state index in [1.807, 2.05) is 16.9 Å². The molecule has 0 fully saturated rings. The second-order valence-electron chi connectivity index (χ2n) is 9.31. The van der Waals surface area contributed by atoms with E-state index in [4.69, 9.17) is 16.3 Å². The Balaban J connectivity index is 1.77. The first-order valence-electron chi connectivity index (χ1n) is 9.78. The van der Waals surface area contributed by atoms with Crippen LogP contribution in [0.1, 0.15) is 45.7 Å². The fraction of sp³-hybridized carbons (Fsp3) is 0.391. The minimum atomic E-state index is -0.225. The summed E-state index contributed by atoms with van der Waals surface area (Å²) in [5, 5.41) is 14.6. The number of hydrogen-bond donors (Lipinski definition) is 1. The molecule has 0 radical (unpaired) electrons. The molecular formula is C23H27ClN4O. The topological polar surface area (TPSA) is 55.7 Å². The predicted octanol–water partition coefficient (Wildman–Crippen LogP) is 5.85. The van der Waals surface area contributed by atoms with Crippen LogP contribution in [-0.2, 0) is 17.4 Å². The van der Waals surface area contributed by atoms with Gasteiger partial charge in [0, 0.05) is 27.8 Å². The first-order valence-corrected chi connectivity index (χ1v) is 10.2. The standard InChI is InChI=1S/C23H27ClN4O/c1-22(2,3)17-9-14-11-26-28(19(14)10-20(17)29-6)13-23(4,5)16-7-8-18-15(21(16)24)12-25-27-18/h7-12H,13H2,1-6H3,(H,25,27). The summed E-state index contributed by atoms with van der Waals surface area (Å²) in [6, 6.07) is 8.40. The number of methoxy groups -OCH3 is 1. The van der Waals surface area contributed by atoms with E-state index in [0.717, 1.165) is 38.1 Å². The molecule has 0 saturated carbocycles. The van der Waals surface area contributed by atoms with E-state index in [-0.39, 0.29) is 10.8 Å². The van der Waals surface area contributed by atoms with Gasteiger partial charge in [0.25, 0.3) is 0 Å². The van der Waals surface area contributed by atoms with Crippen LogP contribution in [-0.4, -0.2) is 27.1 Å². The van der Waals surface area contributed by atoms with Gasteiger partial charge in [-0.1, -0.05) is 52.3 Å². The fourth-order valence-corrected chi connectivity index (χ4v) is 4.42. The van der Waals surface area contributed by atoms with Gasteiger partial charge in [-0.15, -0.1) is 0 Å². The third kappa shape index (κ3) is 3.38. The lowest BCUT2D eigenvalue weighted by molar-refractivity contribution is 0.396. The highest BCUT2D eigenvalue weighted by molar-refractivity contribution is 6.36. The second-order valence-corrected chi connectivity index (χ2v) is 9.68. The Kier molecular flexibility index (Phi) is 4.61. The summed E-state index contributed by atoms with van der Waals surface area (Å²) in [5.41, 5.74) is 4.03. The molecule has 152 valence electrons. The summed E-state index contributed by atoms with van der Waals surface area (Å²) >= 11 is 6.73. The van der Waals surface area contributed by atoms with Gasteiger partial charge in [-0.25, -0.2) is 0 Å². The van der Waals surface area contributed by atoms with Gasteiger partial charge in [-0.2, -0.15) is 10.2 Å². The Morgan fingerprint density at radius 3 is 2.52 bits per heavy atom. The van der Waals surface area contributed by atoms with Gasteiger partial charge in [-0.05, 0) is 23.1 Å². The molecule has 2 aromatic carbocycles. The van der Waals surface area contributed by atoms with Gasteiger partial charge in [0.15, 0.2) is 0 Å². The molecular weight excluding hydrogens is 384 g/mol. The molecule has 0 saturated heterocycles. The van der Waals surface area contributed by atoms with Crippen molar-refractivity contribution in [1.29, 1.82) is 0 Å². The molecule has 0 bridgehead atoms. The normalized spacial score (nSPS) is 12.8. The van der Waals surface area contributed by atoms with E-state index in [1.54, 1.807) is 13.3 Å². The highest BCUT2D eigenvalue weighted by atomic mass is 35.5. The average molecular weight is 411 g/mol. The Morgan fingerprint density at radius 1 is 1.07 bits per heavy atom. The smallest absolute Gasteiger partial charge is 0.124 e. The number of aromatic nitrogens is 4. The van der Waals surface area contributed by atoms with E-state index in [2.05, 4.69) is 68.1 Å². The van der Waals surface area contributed by atoms with Crippen molar-refractivity contribution in [1.82, 2.24) is 20.0 Å². The van der Waals surface area contributed by atoms with E-state index >= 15 is 0 Å². The van der Waals surface area contributed by atoms with E-state index in [0.29, 0.717) is 6.54 Å². The molecule has 0 aliphatic carbocycles. The first kappa shape index (κ1) is 19.8. The maximum absolute atomic E-state index is 6.73. The Labute approximate surface area is 176 Å². The number of aromatic amines is 1. The lowest BCUT2D eigenvalue weighted by Gasteiger charge is -2.27. The van der Waals surface area contributed by atoms with Crippen LogP contribution >= 0.6 is 11.6 Å². The number of nitrogens with one attached hydrogen (secondary N) is 1. The number of ether oxygens (including phenoxy) is 1. The zero-order valence-electron chi connectivity index (χ0n) is 17.8. The Bertz CT molecular complexity index is 1200. The molecule has 4 aromatic rings. The molecule has 0 amide bonds. The number of nitrogens with zero attached hydrogens (tertiary/aromatic N) is 3. The molecule has 0 unspecified atom stereocenters. The van der Waals surface area contributed by atoms with Crippen molar-refractivity contribution < 1.29 is 4.74 Å². The summed E-state index contributed by atoms with van der Waals surface area (Å²) in [6.45, 7) is 11.6. The van der Waals surface area contributed by atoms with Gasteiger partial charge in [0.1, 0.15) is 5.75 Å². The number of fused-ring (bicyclic) bond motifs is 2. The number of benzene rings is 2. The van der Waals surface area contributed by atoms with Crippen LogP contribution in [0.5, 0.6) is 5.75 Å². The van der Waals surface area contributed by atoms with Crippen molar-refractivity contribution in [2.24, 2.45) is 0 Å². The van der Waals surface area contributed by atoms with Gasteiger partial charge < -0.3 is 4.74 Å². The van der Waals surface area contributed by atoms with Gasteiger partial charge in [0.05, 0.1) is 42.1 Å². The quantitative estimate of drug-likeness (QED) is 0.459. The van der Waals surface area contributed by atoms with E-state index < -0.39 is 0 Å².